The minimum atomic E-state index is -5.68. The molecule has 1 aromatic carbocycles. The number of hydrogen-bond acceptors (Lipinski definition) is 1. The molecule has 0 heterocycles. The maximum absolute atomic E-state index is 12.9. The maximum Gasteiger partial charge on any atom is 0.453 e. The highest BCUT2D eigenvalue weighted by Gasteiger charge is 2.60. The predicted octanol–water partition coefficient (Wildman–Crippen LogP) is 4.24. The minimum Gasteiger partial charge on any atom is -0.385 e. The Balaban J connectivity index is 3.06. The van der Waals surface area contributed by atoms with Crippen molar-refractivity contribution in [2.24, 2.45) is 0 Å². The molecule has 0 spiro atoms. The summed E-state index contributed by atoms with van der Waals surface area (Å²) in [6.07, 6.45) is -7.41. The topological polar surface area (TPSA) is 20.2 Å². The molecular formula is C11H10BrF5O. The molecule has 1 N–H and O–H groups in total. The van der Waals surface area contributed by atoms with Crippen LogP contribution in [-0.4, -0.2) is 17.2 Å². The Kier molecular flexibility index (Phi) is 4.07. The summed E-state index contributed by atoms with van der Waals surface area (Å²) in [6.45, 7) is 0.923. The van der Waals surface area contributed by atoms with E-state index in [0.717, 1.165) is 6.92 Å². The SMILES string of the molecule is CC(O)(CC(F)(F)C(F)(F)F)c1ccccc1Br. The summed E-state index contributed by atoms with van der Waals surface area (Å²) in [5.41, 5.74) is -2.31. The largest absolute Gasteiger partial charge is 0.453 e. The van der Waals surface area contributed by atoms with Crippen LogP contribution in [0.25, 0.3) is 0 Å². The standard InChI is InChI=1S/C11H10BrF5O/c1-9(18,6-10(13,14)11(15,16)17)7-4-2-3-5-8(7)12/h2-5,18H,6H2,1H3. The molecule has 0 aliphatic rings. The first-order valence-corrected chi connectivity index (χ1v) is 5.68. The molecule has 0 fully saturated rings. The van der Waals surface area contributed by atoms with E-state index < -0.39 is 24.1 Å². The third-order valence-electron chi connectivity index (χ3n) is 2.44. The van der Waals surface area contributed by atoms with Gasteiger partial charge in [-0.1, -0.05) is 34.1 Å². The maximum atomic E-state index is 12.9. The van der Waals surface area contributed by atoms with Crippen molar-refractivity contribution in [3.63, 3.8) is 0 Å². The molecule has 0 amide bonds. The van der Waals surface area contributed by atoms with Crippen LogP contribution in [0.2, 0.25) is 0 Å². The fourth-order valence-corrected chi connectivity index (χ4v) is 2.24. The number of hydrogen-bond donors (Lipinski definition) is 1. The molecule has 102 valence electrons. The zero-order chi connectivity index (χ0) is 14.2. The van der Waals surface area contributed by atoms with E-state index in [2.05, 4.69) is 15.9 Å². The highest BCUT2D eigenvalue weighted by Crippen LogP contribution is 2.44. The monoisotopic (exact) mass is 332 g/mol. The van der Waals surface area contributed by atoms with Crippen LogP contribution in [0.3, 0.4) is 0 Å². The van der Waals surface area contributed by atoms with E-state index in [1.807, 2.05) is 0 Å². The van der Waals surface area contributed by atoms with Gasteiger partial charge < -0.3 is 5.11 Å². The fraction of sp³-hybridized carbons (Fsp3) is 0.455. The molecule has 1 unspecified atom stereocenters. The van der Waals surface area contributed by atoms with Crippen LogP contribution in [0.5, 0.6) is 0 Å². The molecule has 0 aliphatic heterocycles. The number of rotatable bonds is 3. The number of benzene rings is 1. The third kappa shape index (κ3) is 3.20. The Labute approximate surface area is 109 Å². The summed E-state index contributed by atoms with van der Waals surface area (Å²) >= 11 is 3.00. The summed E-state index contributed by atoms with van der Waals surface area (Å²) < 4.78 is 62.5. The van der Waals surface area contributed by atoms with E-state index in [1.165, 1.54) is 18.2 Å². The molecule has 0 radical (unpaired) electrons. The van der Waals surface area contributed by atoms with Crippen molar-refractivity contribution in [2.75, 3.05) is 0 Å². The highest BCUT2D eigenvalue weighted by atomic mass is 79.9. The van der Waals surface area contributed by atoms with Crippen molar-refractivity contribution in [1.29, 1.82) is 0 Å². The second-order valence-electron chi connectivity index (χ2n) is 4.13. The first kappa shape index (κ1) is 15.4. The van der Waals surface area contributed by atoms with Crippen molar-refractivity contribution >= 4 is 15.9 Å². The molecule has 0 saturated carbocycles. The van der Waals surface area contributed by atoms with Crippen molar-refractivity contribution in [2.45, 2.75) is 31.0 Å². The van der Waals surface area contributed by atoms with Crippen molar-refractivity contribution in [3.05, 3.63) is 34.3 Å². The zero-order valence-corrected chi connectivity index (χ0v) is 10.8. The molecular weight excluding hydrogens is 323 g/mol. The molecule has 7 heteroatoms. The van der Waals surface area contributed by atoms with Gasteiger partial charge in [-0.05, 0) is 18.6 Å². The van der Waals surface area contributed by atoms with Crippen LogP contribution in [0, 0.1) is 0 Å². The predicted molar refractivity (Wildman–Crippen MR) is 59.3 cm³/mol. The summed E-state index contributed by atoms with van der Waals surface area (Å²) in [5.74, 6) is -4.95. The lowest BCUT2D eigenvalue weighted by atomic mass is 9.89. The normalized spacial score (nSPS) is 16.4. The van der Waals surface area contributed by atoms with Crippen molar-refractivity contribution in [1.82, 2.24) is 0 Å². The first-order chi connectivity index (χ1) is 7.97. The average Bonchev–Trinajstić information content (AvgIpc) is 2.14. The third-order valence-corrected chi connectivity index (χ3v) is 3.13. The van der Waals surface area contributed by atoms with Gasteiger partial charge in [0.1, 0.15) is 0 Å². The molecule has 1 atom stereocenters. The van der Waals surface area contributed by atoms with Crippen LogP contribution < -0.4 is 0 Å². The van der Waals surface area contributed by atoms with Crippen LogP contribution in [0.1, 0.15) is 18.9 Å². The lowest BCUT2D eigenvalue weighted by Gasteiger charge is -2.30. The smallest absolute Gasteiger partial charge is 0.385 e. The molecule has 0 aliphatic carbocycles. The molecule has 1 aromatic rings. The molecule has 18 heavy (non-hydrogen) atoms. The van der Waals surface area contributed by atoms with E-state index in [1.54, 1.807) is 6.07 Å². The average molecular weight is 333 g/mol. The van der Waals surface area contributed by atoms with Crippen LogP contribution >= 0.6 is 15.9 Å². The fourth-order valence-electron chi connectivity index (χ4n) is 1.53. The molecule has 0 bridgehead atoms. The van der Waals surface area contributed by atoms with Gasteiger partial charge in [0.2, 0.25) is 0 Å². The summed E-state index contributed by atoms with van der Waals surface area (Å²) in [7, 11) is 0. The Morgan fingerprint density at radius 1 is 1.11 bits per heavy atom. The van der Waals surface area contributed by atoms with E-state index in [-0.39, 0.29) is 10.0 Å². The van der Waals surface area contributed by atoms with Gasteiger partial charge in [-0.25, -0.2) is 0 Å². The highest BCUT2D eigenvalue weighted by molar-refractivity contribution is 9.10. The van der Waals surface area contributed by atoms with Crippen molar-refractivity contribution < 1.29 is 27.1 Å². The number of halogens is 6. The summed E-state index contributed by atoms with van der Waals surface area (Å²) in [4.78, 5) is 0. The van der Waals surface area contributed by atoms with Gasteiger partial charge in [0.25, 0.3) is 0 Å². The molecule has 0 saturated heterocycles. The van der Waals surface area contributed by atoms with E-state index in [4.69, 9.17) is 0 Å². The first-order valence-electron chi connectivity index (χ1n) is 4.89. The number of aliphatic hydroxyl groups is 1. The Morgan fingerprint density at radius 3 is 2.06 bits per heavy atom. The van der Waals surface area contributed by atoms with Gasteiger partial charge in [-0.15, -0.1) is 0 Å². The van der Waals surface area contributed by atoms with Gasteiger partial charge in [-0.2, -0.15) is 22.0 Å². The Hall–Kier alpha value is -0.690. The molecule has 1 rings (SSSR count). The number of alkyl halides is 5. The van der Waals surface area contributed by atoms with Crippen LogP contribution in [0.15, 0.2) is 28.7 Å². The molecule has 1 nitrogen and oxygen atoms in total. The zero-order valence-electron chi connectivity index (χ0n) is 9.23. The van der Waals surface area contributed by atoms with Crippen LogP contribution in [-0.2, 0) is 5.60 Å². The lowest BCUT2D eigenvalue weighted by Crippen LogP contribution is -2.42. The summed E-state index contributed by atoms with van der Waals surface area (Å²) in [5, 5.41) is 9.86. The van der Waals surface area contributed by atoms with Crippen LogP contribution in [0.4, 0.5) is 22.0 Å². The van der Waals surface area contributed by atoms with E-state index in [9.17, 15) is 27.1 Å². The van der Waals surface area contributed by atoms with Gasteiger partial charge in [-0.3, -0.25) is 0 Å². The molecule has 0 aromatic heterocycles. The Bertz CT molecular complexity index is 428. The van der Waals surface area contributed by atoms with E-state index >= 15 is 0 Å². The summed E-state index contributed by atoms with van der Waals surface area (Å²) in [6, 6.07) is 5.75. The van der Waals surface area contributed by atoms with Gasteiger partial charge in [0, 0.05) is 4.47 Å². The van der Waals surface area contributed by atoms with Crippen molar-refractivity contribution in [3.8, 4) is 0 Å². The van der Waals surface area contributed by atoms with Gasteiger partial charge in [0.15, 0.2) is 0 Å². The Morgan fingerprint density at radius 2 is 1.61 bits per heavy atom. The minimum absolute atomic E-state index is 0.0195. The quantitative estimate of drug-likeness (QED) is 0.820. The van der Waals surface area contributed by atoms with Gasteiger partial charge in [0.05, 0.1) is 12.0 Å². The second kappa shape index (κ2) is 4.77. The second-order valence-corrected chi connectivity index (χ2v) is 4.99. The lowest BCUT2D eigenvalue weighted by molar-refractivity contribution is -0.297. The van der Waals surface area contributed by atoms with Gasteiger partial charge >= 0.3 is 12.1 Å². The van der Waals surface area contributed by atoms with E-state index in [0.29, 0.717) is 0 Å².